The Kier molecular flexibility index (Phi) is 9.72. The smallest absolute Gasteiger partial charge is 0.164 e. The number of ether oxygens (including phenoxy) is 1. The van der Waals surface area contributed by atoms with Gasteiger partial charge in [-0.05, 0) is 69.3 Å². The van der Waals surface area contributed by atoms with Crippen molar-refractivity contribution in [3.05, 3.63) is 258 Å². The number of rotatable bonds is 8. The Morgan fingerprint density at radius 2 is 0.797 bits per heavy atom. The first-order valence-electron chi connectivity index (χ1n) is 21.3. The van der Waals surface area contributed by atoms with Gasteiger partial charge >= 0.3 is 0 Å². The highest BCUT2D eigenvalue weighted by Crippen LogP contribution is 2.57. The third-order valence-electron chi connectivity index (χ3n) is 12.1. The molecular weight excluding hydrogens is 781 g/mol. The number of nitrogens with zero attached hydrogens (tertiary/aromatic N) is 4. The van der Waals surface area contributed by atoms with E-state index < -0.39 is 5.41 Å². The summed E-state index contributed by atoms with van der Waals surface area (Å²) in [5.41, 5.74) is 13.5. The molecule has 0 aliphatic carbocycles. The maximum atomic E-state index is 9.26. The van der Waals surface area contributed by atoms with E-state index in [-0.39, 0.29) is 0 Å². The number of aromatic nitrogens is 3. The molecule has 300 valence electrons. The number of benzene rings is 9. The van der Waals surface area contributed by atoms with Crippen LogP contribution in [0.25, 0.3) is 67.5 Å². The minimum absolute atomic E-state index is 0.583. The van der Waals surface area contributed by atoms with Gasteiger partial charge in [-0.15, -0.1) is 0 Å². The number of nitriles is 1. The van der Waals surface area contributed by atoms with Gasteiger partial charge in [0, 0.05) is 33.4 Å². The van der Waals surface area contributed by atoms with E-state index >= 15 is 0 Å². The predicted octanol–water partition coefficient (Wildman–Crippen LogP) is 14.2. The van der Waals surface area contributed by atoms with Gasteiger partial charge in [-0.1, -0.05) is 200 Å². The molecule has 1 aromatic heterocycles. The number of hydrogen-bond acceptors (Lipinski definition) is 5. The fraction of sp³-hybridized carbons (Fsp3) is 0.0169. The minimum Gasteiger partial charge on any atom is -0.456 e. The topological polar surface area (TPSA) is 71.7 Å². The first kappa shape index (κ1) is 38.2. The maximum absolute atomic E-state index is 9.26. The van der Waals surface area contributed by atoms with Gasteiger partial charge in [-0.3, -0.25) is 0 Å². The molecule has 0 N–H and O–H groups in total. The van der Waals surface area contributed by atoms with Gasteiger partial charge in [0.1, 0.15) is 11.5 Å². The Hall–Kier alpha value is -8.72. The highest BCUT2D eigenvalue weighted by Gasteiger charge is 2.45. The lowest BCUT2D eigenvalue weighted by molar-refractivity contribution is 0.436. The van der Waals surface area contributed by atoms with Crippen LogP contribution in [-0.4, -0.2) is 15.0 Å². The molecular formula is C59H38N4O. The second-order valence-electron chi connectivity index (χ2n) is 15.9. The summed E-state index contributed by atoms with van der Waals surface area (Å²) in [7, 11) is 0. The minimum atomic E-state index is -0.607. The van der Waals surface area contributed by atoms with E-state index in [1.165, 1.54) is 11.1 Å². The Labute approximate surface area is 372 Å². The van der Waals surface area contributed by atoms with E-state index in [1.54, 1.807) is 0 Å². The van der Waals surface area contributed by atoms with E-state index in [1.807, 2.05) is 72.8 Å². The molecule has 0 atom stereocenters. The molecule has 0 spiro atoms. The van der Waals surface area contributed by atoms with Crippen molar-refractivity contribution in [2.45, 2.75) is 5.41 Å². The van der Waals surface area contributed by atoms with Gasteiger partial charge in [0.2, 0.25) is 0 Å². The summed E-state index contributed by atoms with van der Waals surface area (Å²) in [6.45, 7) is 0. The Bertz CT molecular complexity index is 3300. The largest absolute Gasteiger partial charge is 0.456 e. The summed E-state index contributed by atoms with van der Waals surface area (Å²) in [5, 5.41) is 9.26. The quantitative estimate of drug-likeness (QED) is 0.153. The van der Waals surface area contributed by atoms with Crippen LogP contribution in [-0.2, 0) is 5.41 Å². The zero-order valence-electron chi connectivity index (χ0n) is 34.6. The Morgan fingerprint density at radius 1 is 0.359 bits per heavy atom. The molecule has 0 unspecified atom stereocenters. The van der Waals surface area contributed by atoms with Crippen LogP contribution in [0.2, 0.25) is 0 Å². The zero-order valence-corrected chi connectivity index (χ0v) is 34.6. The van der Waals surface area contributed by atoms with Gasteiger partial charge in [0.25, 0.3) is 0 Å². The highest BCUT2D eigenvalue weighted by molar-refractivity contribution is 5.83. The van der Waals surface area contributed by atoms with E-state index in [2.05, 4.69) is 164 Å². The lowest BCUT2D eigenvalue weighted by Gasteiger charge is -2.42. The summed E-state index contributed by atoms with van der Waals surface area (Å²) in [6, 6.07) is 81.6. The van der Waals surface area contributed by atoms with E-state index in [0.29, 0.717) is 23.0 Å². The van der Waals surface area contributed by atoms with Crippen LogP contribution >= 0.6 is 0 Å². The maximum Gasteiger partial charge on any atom is 0.164 e. The molecule has 11 rings (SSSR count). The van der Waals surface area contributed by atoms with Gasteiger partial charge in [-0.2, -0.15) is 5.26 Å². The summed E-state index contributed by atoms with van der Waals surface area (Å²) in [5.74, 6) is 3.45. The van der Waals surface area contributed by atoms with Crippen LogP contribution in [0.1, 0.15) is 27.8 Å². The summed E-state index contributed by atoms with van der Waals surface area (Å²) in [6.07, 6.45) is 0. The molecule has 1 aliphatic rings. The molecule has 10 aromatic rings. The molecule has 64 heavy (non-hydrogen) atoms. The van der Waals surface area contributed by atoms with Crippen molar-refractivity contribution in [1.82, 2.24) is 15.0 Å². The third-order valence-corrected chi connectivity index (χ3v) is 12.1. The lowest BCUT2D eigenvalue weighted by atomic mass is 9.63. The Balaban J connectivity index is 0.996. The van der Waals surface area contributed by atoms with Crippen LogP contribution in [0.15, 0.2) is 231 Å². The fourth-order valence-electron chi connectivity index (χ4n) is 9.06. The van der Waals surface area contributed by atoms with Crippen molar-refractivity contribution >= 4 is 0 Å². The standard InChI is InChI=1S/C59H38N4O/c60-39-40-29-31-41(32-30-40)42-33-35-44(36-34-42)57-61-56(43-15-4-1-5-16-43)62-58(63-57)48-20-13-18-46(38-48)45-17-12-19-47(37-45)51-25-14-27-53-55(51)64-54-28-11-10-26-52(54)59(53,49-21-6-2-7-22-49)50-23-8-3-9-24-50/h1-38H. The highest BCUT2D eigenvalue weighted by atomic mass is 16.5. The molecule has 0 amide bonds. The average Bonchev–Trinajstić information content (AvgIpc) is 3.38. The summed E-state index contributed by atoms with van der Waals surface area (Å²) >= 11 is 0. The second-order valence-corrected chi connectivity index (χ2v) is 15.9. The van der Waals surface area contributed by atoms with Crippen LogP contribution in [0.5, 0.6) is 11.5 Å². The molecule has 2 heterocycles. The molecule has 5 heteroatoms. The average molecular weight is 819 g/mol. The molecule has 0 bridgehead atoms. The molecule has 0 radical (unpaired) electrons. The predicted molar refractivity (Wildman–Crippen MR) is 256 cm³/mol. The molecule has 9 aromatic carbocycles. The van der Waals surface area contributed by atoms with Gasteiger partial charge < -0.3 is 4.74 Å². The molecule has 0 saturated heterocycles. The number of fused-ring (bicyclic) bond motifs is 2. The number of para-hydroxylation sites is 2. The summed E-state index contributed by atoms with van der Waals surface area (Å²) in [4.78, 5) is 15.1. The fourth-order valence-corrected chi connectivity index (χ4v) is 9.06. The molecule has 0 fully saturated rings. The van der Waals surface area contributed by atoms with Crippen molar-refractivity contribution in [2.24, 2.45) is 0 Å². The zero-order chi connectivity index (χ0) is 42.9. The van der Waals surface area contributed by atoms with Crippen LogP contribution in [0.4, 0.5) is 0 Å². The number of hydrogen-bond donors (Lipinski definition) is 0. The van der Waals surface area contributed by atoms with Crippen molar-refractivity contribution in [2.75, 3.05) is 0 Å². The summed E-state index contributed by atoms with van der Waals surface area (Å²) < 4.78 is 6.98. The van der Waals surface area contributed by atoms with Gasteiger partial charge in [-0.25, -0.2) is 15.0 Å². The van der Waals surface area contributed by atoms with Crippen molar-refractivity contribution < 1.29 is 4.74 Å². The first-order valence-corrected chi connectivity index (χ1v) is 21.3. The third kappa shape index (κ3) is 6.81. The van der Waals surface area contributed by atoms with Gasteiger partial charge in [0.05, 0.1) is 17.0 Å². The van der Waals surface area contributed by atoms with E-state index in [0.717, 1.165) is 72.7 Å². The Morgan fingerprint density at radius 3 is 1.42 bits per heavy atom. The van der Waals surface area contributed by atoms with Crippen molar-refractivity contribution in [3.63, 3.8) is 0 Å². The first-order chi connectivity index (χ1) is 31.7. The van der Waals surface area contributed by atoms with E-state index in [4.69, 9.17) is 19.7 Å². The van der Waals surface area contributed by atoms with Crippen LogP contribution in [0.3, 0.4) is 0 Å². The lowest BCUT2D eigenvalue weighted by Crippen LogP contribution is -2.34. The van der Waals surface area contributed by atoms with Gasteiger partial charge in [0.15, 0.2) is 17.5 Å². The second kappa shape index (κ2) is 16.3. The monoisotopic (exact) mass is 818 g/mol. The van der Waals surface area contributed by atoms with Crippen molar-refractivity contribution in [1.29, 1.82) is 5.26 Å². The molecule has 0 saturated carbocycles. The van der Waals surface area contributed by atoms with Crippen LogP contribution < -0.4 is 4.74 Å². The van der Waals surface area contributed by atoms with Crippen LogP contribution in [0, 0.1) is 11.3 Å². The normalized spacial score (nSPS) is 12.3. The SMILES string of the molecule is N#Cc1ccc(-c2ccc(-c3nc(-c4ccccc4)nc(-c4cccc(-c5cccc(-c6cccc7c6Oc6ccccc6C7(c6ccccc6)c6ccccc6)c5)c4)n3)cc2)cc1. The molecule has 1 aliphatic heterocycles. The van der Waals surface area contributed by atoms with Crippen molar-refractivity contribution in [3.8, 4) is 85.1 Å². The van der Waals surface area contributed by atoms with E-state index in [9.17, 15) is 5.26 Å². The molecule has 5 nitrogen and oxygen atoms in total.